The highest BCUT2D eigenvalue weighted by molar-refractivity contribution is 5.85. The molecule has 7 heteroatoms. The van der Waals surface area contributed by atoms with Gasteiger partial charge in [-0.05, 0) is 25.7 Å². The maximum atomic E-state index is 12.0. The number of rotatable bonds is 6. The van der Waals surface area contributed by atoms with Crippen LogP contribution in [0.25, 0.3) is 0 Å². The van der Waals surface area contributed by atoms with E-state index < -0.39 is 17.9 Å². The SMILES string of the molecule is NC(=O)CC[C@H](NC(=O)C1CCCC(N)C1)C(=O)O. The number of carbonyl (C=O) groups excluding carboxylic acids is 2. The molecule has 1 fully saturated rings. The molecule has 19 heavy (non-hydrogen) atoms. The van der Waals surface area contributed by atoms with Gasteiger partial charge in [-0.2, -0.15) is 0 Å². The Bertz CT molecular complexity index is 359. The monoisotopic (exact) mass is 271 g/mol. The van der Waals surface area contributed by atoms with Crippen LogP contribution in [0.4, 0.5) is 0 Å². The summed E-state index contributed by atoms with van der Waals surface area (Å²) in [6.07, 6.45) is 3.01. The van der Waals surface area contributed by atoms with Crippen molar-refractivity contribution < 1.29 is 19.5 Å². The van der Waals surface area contributed by atoms with Gasteiger partial charge in [0.2, 0.25) is 11.8 Å². The minimum Gasteiger partial charge on any atom is -0.480 e. The fraction of sp³-hybridized carbons (Fsp3) is 0.750. The van der Waals surface area contributed by atoms with Crippen molar-refractivity contribution in [2.24, 2.45) is 17.4 Å². The third-order valence-corrected chi connectivity index (χ3v) is 3.38. The predicted octanol–water partition coefficient (Wildman–Crippen LogP) is -0.661. The van der Waals surface area contributed by atoms with Gasteiger partial charge in [0.1, 0.15) is 6.04 Å². The Kier molecular flexibility index (Phi) is 5.75. The summed E-state index contributed by atoms with van der Waals surface area (Å²) in [4.78, 5) is 33.6. The maximum absolute atomic E-state index is 12.0. The quantitative estimate of drug-likeness (QED) is 0.508. The van der Waals surface area contributed by atoms with E-state index in [1.54, 1.807) is 0 Å². The number of nitrogens with one attached hydrogen (secondary N) is 1. The number of carbonyl (C=O) groups is 3. The predicted molar refractivity (Wildman–Crippen MR) is 67.9 cm³/mol. The third-order valence-electron chi connectivity index (χ3n) is 3.38. The fourth-order valence-electron chi connectivity index (χ4n) is 2.30. The van der Waals surface area contributed by atoms with Crippen molar-refractivity contribution in [3.8, 4) is 0 Å². The highest BCUT2D eigenvalue weighted by atomic mass is 16.4. The third kappa shape index (κ3) is 5.25. The summed E-state index contributed by atoms with van der Waals surface area (Å²) in [6, 6.07) is -1.07. The summed E-state index contributed by atoms with van der Waals surface area (Å²) in [6.45, 7) is 0. The minimum atomic E-state index is -1.16. The number of hydrogen-bond donors (Lipinski definition) is 4. The Morgan fingerprint density at radius 1 is 1.32 bits per heavy atom. The molecule has 0 saturated heterocycles. The Morgan fingerprint density at radius 3 is 2.53 bits per heavy atom. The topological polar surface area (TPSA) is 136 Å². The van der Waals surface area contributed by atoms with Crippen LogP contribution in [0.15, 0.2) is 0 Å². The van der Waals surface area contributed by atoms with Crippen molar-refractivity contribution in [1.29, 1.82) is 0 Å². The van der Waals surface area contributed by atoms with E-state index in [2.05, 4.69) is 5.32 Å². The Balaban J connectivity index is 2.50. The number of carboxylic acids is 1. The molecule has 0 aromatic rings. The molecule has 2 unspecified atom stereocenters. The number of aliphatic carboxylic acids is 1. The molecule has 0 heterocycles. The number of nitrogens with two attached hydrogens (primary N) is 2. The molecule has 0 aliphatic heterocycles. The molecular formula is C12H21N3O4. The minimum absolute atomic E-state index is 0.00148. The van der Waals surface area contributed by atoms with Gasteiger partial charge in [-0.15, -0.1) is 0 Å². The summed E-state index contributed by atoms with van der Waals surface area (Å²) < 4.78 is 0. The molecule has 1 aliphatic carbocycles. The smallest absolute Gasteiger partial charge is 0.326 e. The van der Waals surface area contributed by atoms with Gasteiger partial charge in [0.25, 0.3) is 0 Å². The average Bonchev–Trinajstić information content (AvgIpc) is 2.33. The highest BCUT2D eigenvalue weighted by Crippen LogP contribution is 2.23. The van der Waals surface area contributed by atoms with E-state index in [9.17, 15) is 14.4 Å². The van der Waals surface area contributed by atoms with Crippen LogP contribution in [-0.2, 0) is 14.4 Å². The van der Waals surface area contributed by atoms with E-state index in [0.29, 0.717) is 6.42 Å². The van der Waals surface area contributed by atoms with Crippen LogP contribution in [0.2, 0.25) is 0 Å². The van der Waals surface area contributed by atoms with Gasteiger partial charge in [0.15, 0.2) is 0 Å². The first-order valence-corrected chi connectivity index (χ1v) is 6.47. The van der Waals surface area contributed by atoms with Gasteiger partial charge in [-0.25, -0.2) is 4.79 Å². The van der Waals surface area contributed by atoms with E-state index in [4.69, 9.17) is 16.6 Å². The molecule has 7 nitrogen and oxygen atoms in total. The van der Waals surface area contributed by atoms with E-state index in [-0.39, 0.29) is 30.7 Å². The summed E-state index contributed by atoms with van der Waals surface area (Å²) in [5, 5.41) is 11.5. The molecule has 0 spiro atoms. The van der Waals surface area contributed by atoms with Crippen molar-refractivity contribution in [2.45, 2.75) is 50.6 Å². The molecule has 0 radical (unpaired) electrons. The molecule has 0 aromatic heterocycles. The second kappa shape index (κ2) is 7.08. The largest absolute Gasteiger partial charge is 0.480 e. The normalized spacial score (nSPS) is 24.5. The second-order valence-corrected chi connectivity index (χ2v) is 5.03. The van der Waals surface area contributed by atoms with Crippen LogP contribution in [0, 0.1) is 5.92 Å². The zero-order valence-corrected chi connectivity index (χ0v) is 10.8. The van der Waals surface area contributed by atoms with E-state index >= 15 is 0 Å². The molecule has 3 atom stereocenters. The molecule has 0 aromatic carbocycles. The van der Waals surface area contributed by atoms with Gasteiger partial charge in [-0.3, -0.25) is 9.59 Å². The Morgan fingerprint density at radius 2 is 2.00 bits per heavy atom. The first kappa shape index (κ1) is 15.4. The first-order valence-electron chi connectivity index (χ1n) is 6.47. The van der Waals surface area contributed by atoms with Gasteiger partial charge < -0.3 is 21.9 Å². The number of hydrogen-bond acceptors (Lipinski definition) is 4. The van der Waals surface area contributed by atoms with Crippen molar-refractivity contribution in [3.63, 3.8) is 0 Å². The van der Waals surface area contributed by atoms with Gasteiger partial charge in [0, 0.05) is 18.4 Å². The van der Waals surface area contributed by atoms with Crippen LogP contribution in [0.5, 0.6) is 0 Å². The molecule has 2 amide bonds. The van der Waals surface area contributed by atoms with Crippen LogP contribution >= 0.6 is 0 Å². The van der Waals surface area contributed by atoms with E-state index in [1.807, 2.05) is 0 Å². The molecule has 108 valence electrons. The lowest BCUT2D eigenvalue weighted by molar-refractivity contribution is -0.143. The molecule has 6 N–H and O–H groups in total. The van der Waals surface area contributed by atoms with Gasteiger partial charge in [0.05, 0.1) is 0 Å². The van der Waals surface area contributed by atoms with Crippen molar-refractivity contribution in [2.75, 3.05) is 0 Å². The molecule has 1 aliphatic rings. The summed E-state index contributed by atoms with van der Waals surface area (Å²) >= 11 is 0. The first-order chi connectivity index (χ1) is 8.90. The average molecular weight is 271 g/mol. The number of primary amides is 1. The van der Waals surface area contributed by atoms with Crippen LogP contribution in [-0.4, -0.2) is 35.0 Å². The molecular weight excluding hydrogens is 250 g/mol. The lowest BCUT2D eigenvalue weighted by Crippen LogP contribution is -2.46. The van der Waals surface area contributed by atoms with Crippen LogP contribution in [0.1, 0.15) is 38.5 Å². The summed E-state index contributed by atoms with van der Waals surface area (Å²) in [5.74, 6) is -2.28. The summed E-state index contributed by atoms with van der Waals surface area (Å²) in [7, 11) is 0. The Hall–Kier alpha value is -1.63. The van der Waals surface area contributed by atoms with Gasteiger partial charge >= 0.3 is 5.97 Å². The second-order valence-electron chi connectivity index (χ2n) is 5.03. The van der Waals surface area contributed by atoms with Gasteiger partial charge in [-0.1, -0.05) is 6.42 Å². The van der Waals surface area contributed by atoms with Crippen LogP contribution < -0.4 is 16.8 Å². The van der Waals surface area contributed by atoms with Crippen molar-refractivity contribution in [1.82, 2.24) is 5.32 Å². The van der Waals surface area contributed by atoms with Crippen molar-refractivity contribution >= 4 is 17.8 Å². The van der Waals surface area contributed by atoms with Crippen molar-refractivity contribution in [3.05, 3.63) is 0 Å². The number of amides is 2. The Labute approximate surface area is 111 Å². The van der Waals surface area contributed by atoms with Crippen LogP contribution in [0.3, 0.4) is 0 Å². The van der Waals surface area contributed by atoms with E-state index in [1.165, 1.54) is 0 Å². The number of carboxylic acid groups (broad SMARTS) is 1. The highest BCUT2D eigenvalue weighted by Gasteiger charge is 2.28. The summed E-state index contributed by atoms with van der Waals surface area (Å²) in [5.41, 5.74) is 10.8. The lowest BCUT2D eigenvalue weighted by Gasteiger charge is -2.26. The maximum Gasteiger partial charge on any atom is 0.326 e. The zero-order valence-electron chi connectivity index (χ0n) is 10.8. The zero-order chi connectivity index (χ0) is 14.4. The molecule has 1 saturated carbocycles. The van der Waals surface area contributed by atoms with E-state index in [0.717, 1.165) is 19.3 Å². The molecule has 1 rings (SSSR count). The molecule has 0 bridgehead atoms. The standard InChI is InChI=1S/C12H21N3O4/c13-8-3-1-2-7(6-8)11(17)15-9(12(18)19)4-5-10(14)16/h7-9H,1-6,13H2,(H2,14,16)(H,15,17)(H,18,19)/t7?,8?,9-/m0/s1. The lowest BCUT2D eigenvalue weighted by atomic mass is 9.85. The fourth-order valence-corrected chi connectivity index (χ4v) is 2.30.